The minimum absolute atomic E-state index is 0.0662. The molecule has 0 unspecified atom stereocenters. The highest BCUT2D eigenvalue weighted by molar-refractivity contribution is 7.78. The average molecular weight is 495 g/mol. The number of rotatable bonds is 8. The zero-order valence-electron chi connectivity index (χ0n) is 18.9. The normalized spacial score (nSPS) is 10.7. The fraction of sp³-hybridized carbons (Fsp3) is 0.107. The monoisotopic (exact) mass is 494 g/mol. The summed E-state index contributed by atoms with van der Waals surface area (Å²) in [6.45, 7) is 2.10. The summed E-state index contributed by atoms with van der Waals surface area (Å²) >= 11 is 1.24. The van der Waals surface area contributed by atoms with Gasteiger partial charge < -0.3 is 10.1 Å². The Labute approximate surface area is 206 Å². The van der Waals surface area contributed by atoms with Gasteiger partial charge in [0.2, 0.25) is 5.91 Å². The highest BCUT2D eigenvalue weighted by atomic mass is 32.2. The molecule has 0 atom stereocenters. The Morgan fingerprint density at radius 2 is 1.69 bits per heavy atom. The van der Waals surface area contributed by atoms with Gasteiger partial charge in [-0.2, -0.15) is 0 Å². The second-order valence-corrected chi connectivity index (χ2v) is 9.23. The maximum absolute atomic E-state index is 13.8. The Kier molecular flexibility index (Phi) is 7.77. The number of benzene rings is 4. The van der Waals surface area contributed by atoms with Crippen LogP contribution in [0.3, 0.4) is 0 Å². The molecule has 178 valence electrons. The molecule has 4 aromatic carbocycles. The summed E-state index contributed by atoms with van der Waals surface area (Å²) in [5.74, 6) is -1.35. The molecule has 0 aromatic heterocycles. The van der Waals surface area contributed by atoms with E-state index in [9.17, 15) is 18.0 Å². The maximum atomic E-state index is 13.8. The SMILES string of the molecule is CC[SH+]c1ccc(CC(=O)Nc2ccc(-c3cccc(F)c3)c(Oc3ccc(F)c(F)c3)c2)cc1. The van der Waals surface area contributed by atoms with E-state index in [2.05, 4.69) is 12.2 Å². The first kappa shape index (κ1) is 24.4. The lowest BCUT2D eigenvalue weighted by Crippen LogP contribution is -2.14. The van der Waals surface area contributed by atoms with Gasteiger partial charge >= 0.3 is 0 Å². The van der Waals surface area contributed by atoms with Crippen LogP contribution in [0.5, 0.6) is 11.5 Å². The molecule has 0 aliphatic rings. The van der Waals surface area contributed by atoms with Crippen molar-refractivity contribution in [2.75, 3.05) is 11.1 Å². The van der Waals surface area contributed by atoms with Gasteiger partial charge in [0, 0.05) is 35.1 Å². The third-order valence-corrected chi connectivity index (χ3v) is 6.14. The molecule has 0 aliphatic heterocycles. The highest BCUT2D eigenvalue weighted by Gasteiger charge is 2.13. The summed E-state index contributed by atoms with van der Waals surface area (Å²) in [4.78, 5) is 13.8. The number of carbonyl (C=O) groups excluding carboxylic acids is 1. The molecule has 4 aromatic rings. The van der Waals surface area contributed by atoms with Gasteiger partial charge in [0.1, 0.15) is 23.1 Å². The number of thiol groups is 1. The second-order valence-electron chi connectivity index (χ2n) is 7.77. The minimum Gasteiger partial charge on any atom is -0.457 e. The molecule has 0 fully saturated rings. The summed E-state index contributed by atoms with van der Waals surface area (Å²) < 4.78 is 46.8. The van der Waals surface area contributed by atoms with Crippen molar-refractivity contribution in [3.8, 4) is 22.6 Å². The molecule has 0 aliphatic carbocycles. The molecule has 1 amide bonds. The average Bonchev–Trinajstić information content (AvgIpc) is 2.83. The molecule has 0 bridgehead atoms. The number of halogens is 3. The molecule has 1 N–H and O–H groups in total. The van der Waals surface area contributed by atoms with Gasteiger partial charge in [-0.3, -0.25) is 4.79 Å². The molecular formula is C28H23F3NO2S+. The standard InChI is InChI=1S/C28H22F3NO2S/c1-2-35-23-10-6-18(7-11-23)14-28(33)32-21-8-12-24(19-4-3-5-20(29)15-19)27(16-21)34-22-9-13-25(30)26(31)17-22/h3-13,15-17H,2,14H2,1H3,(H,32,33)/p+1. The van der Waals surface area contributed by atoms with Crippen molar-refractivity contribution >= 4 is 23.4 Å². The predicted molar refractivity (Wildman–Crippen MR) is 135 cm³/mol. The van der Waals surface area contributed by atoms with Crippen molar-refractivity contribution in [3.05, 3.63) is 108 Å². The Morgan fingerprint density at radius 1 is 0.886 bits per heavy atom. The van der Waals surface area contributed by atoms with Crippen LogP contribution in [0.4, 0.5) is 18.9 Å². The molecule has 0 saturated carbocycles. The van der Waals surface area contributed by atoms with Crippen molar-refractivity contribution < 1.29 is 22.7 Å². The van der Waals surface area contributed by atoms with Crippen molar-refractivity contribution in [3.63, 3.8) is 0 Å². The quantitative estimate of drug-likeness (QED) is 0.213. The molecule has 4 rings (SSSR count). The van der Waals surface area contributed by atoms with Crippen LogP contribution >= 0.6 is 0 Å². The Bertz CT molecular complexity index is 1340. The third kappa shape index (κ3) is 6.45. The molecule has 0 heterocycles. The number of amides is 1. The number of ether oxygens (including phenoxy) is 1. The van der Waals surface area contributed by atoms with Crippen LogP contribution in [0.1, 0.15) is 12.5 Å². The van der Waals surface area contributed by atoms with Crippen molar-refractivity contribution in [1.29, 1.82) is 0 Å². The first-order valence-electron chi connectivity index (χ1n) is 11.0. The van der Waals surface area contributed by atoms with E-state index in [1.54, 1.807) is 30.3 Å². The molecule has 7 heteroatoms. The van der Waals surface area contributed by atoms with Gasteiger partial charge in [-0.15, -0.1) is 0 Å². The first-order valence-corrected chi connectivity index (χ1v) is 12.1. The van der Waals surface area contributed by atoms with E-state index < -0.39 is 17.5 Å². The van der Waals surface area contributed by atoms with E-state index in [1.165, 1.54) is 34.9 Å². The van der Waals surface area contributed by atoms with E-state index in [1.807, 2.05) is 24.3 Å². The van der Waals surface area contributed by atoms with Crippen molar-refractivity contribution in [1.82, 2.24) is 0 Å². The predicted octanol–water partition coefficient (Wildman–Crippen LogP) is 6.94. The summed E-state index contributed by atoms with van der Waals surface area (Å²) in [6, 6.07) is 21.9. The van der Waals surface area contributed by atoms with Gasteiger partial charge in [0.25, 0.3) is 0 Å². The molecule has 3 nitrogen and oxygen atoms in total. The zero-order valence-corrected chi connectivity index (χ0v) is 19.8. The largest absolute Gasteiger partial charge is 0.457 e. The molecule has 0 radical (unpaired) electrons. The van der Waals surface area contributed by atoms with E-state index in [0.29, 0.717) is 16.8 Å². The topological polar surface area (TPSA) is 38.3 Å². The van der Waals surface area contributed by atoms with Crippen LogP contribution < -0.4 is 10.1 Å². The van der Waals surface area contributed by atoms with E-state index in [0.717, 1.165) is 23.4 Å². The van der Waals surface area contributed by atoms with Crippen LogP contribution in [0.15, 0.2) is 89.8 Å². The summed E-state index contributed by atoms with van der Waals surface area (Å²) in [5.41, 5.74) is 2.39. The number of anilines is 1. The second kappa shape index (κ2) is 11.1. The Balaban J connectivity index is 1.58. The summed E-state index contributed by atoms with van der Waals surface area (Å²) in [5, 5.41) is 2.84. The van der Waals surface area contributed by atoms with Gasteiger partial charge in [0.15, 0.2) is 16.5 Å². The van der Waals surface area contributed by atoms with Crippen LogP contribution in [-0.4, -0.2) is 11.7 Å². The lowest BCUT2D eigenvalue weighted by atomic mass is 10.0. The number of carbonyl (C=O) groups is 1. The van der Waals surface area contributed by atoms with Crippen LogP contribution in [-0.2, 0) is 23.0 Å². The van der Waals surface area contributed by atoms with Crippen LogP contribution in [0.25, 0.3) is 11.1 Å². The van der Waals surface area contributed by atoms with Gasteiger partial charge in [0.05, 0.1) is 6.42 Å². The number of hydrogen-bond donors (Lipinski definition) is 1. The fourth-order valence-electron chi connectivity index (χ4n) is 3.54. The molecule has 0 saturated heterocycles. The van der Waals surface area contributed by atoms with Crippen molar-refractivity contribution in [2.45, 2.75) is 18.2 Å². The molecule has 0 spiro atoms. The van der Waals surface area contributed by atoms with E-state index >= 15 is 0 Å². The summed E-state index contributed by atoms with van der Waals surface area (Å²) in [6.07, 6.45) is 0.189. The van der Waals surface area contributed by atoms with Gasteiger partial charge in [-0.25, -0.2) is 13.2 Å². The lowest BCUT2D eigenvalue weighted by Gasteiger charge is -2.14. The summed E-state index contributed by atoms with van der Waals surface area (Å²) in [7, 11) is 0. The van der Waals surface area contributed by atoms with Crippen molar-refractivity contribution in [2.24, 2.45) is 0 Å². The smallest absolute Gasteiger partial charge is 0.228 e. The van der Waals surface area contributed by atoms with Gasteiger partial charge in [-0.1, -0.05) is 24.3 Å². The number of nitrogens with one attached hydrogen (secondary N) is 1. The van der Waals surface area contributed by atoms with E-state index in [-0.39, 0.29) is 23.8 Å². The maximum Gasteiger partial charge on any atom is 0.228 e. The molecular weight excluding hydrogens is 471 g/mol. The third-order valence-electron chi connectivity index (χ3n) is 5.16. The first-order chi connectivity index (χ1) is 16.9. The number of hydrogen-bond acceptors (Lipinski definition) is 2. The Morgan fingerprint density at radius 3 is 2.40 bits per heavy atom. The van der Waals surface area contributed by atoms with Crippen LogP contribution in [0.2, 0.25) is 0 Å². The van der Waals surface area contributed by atoms with E-state index in [4.69, 9.17) is 4.74 Å². The Hall–Kier alpha value is -3.71. The lowest BCUT2D eigenvalue weighted by molar-refractivity contribution is -0.115. The zero-order chi connectivity index (χ0) is 24.8. The fourth-order valence-corrected chi connectivity index (χ4v) is 4.26. The van der Waals surface area contributed by atoms with Crippen LogP contribution in [0, 0.1) is 17.5 Å². The minimum atomic E-state index is -1.05. The highest BCUT2D eigenvalue weighted by Crippen LogP contribution is 2.36. The molecule has 35 heavy (non-hydrogen) atoms. The van der Waals surface area contributed by atoms with Gasteiger partial charge in [-0.05, 0) is 66.6 Å².